The molecule has 0 unspecified atom stereocenters. The molecule has 2 atom stereocenters. The van der Waals surface area contributed by atoms with Crippen LogP contribution in [0.15, 0.2) is 9.42 Å². The summed E-state index contributed by atoms with van der Waals surface area (Å²) < 4.78 is 32.0. The molecule has 7 nitrogen and oxygen atoms in total. The fourth-order valence-corrected chi connectivity index (χ4v) is 5.05. The number of anilines is 1. The van der Waals surface area contributed by atoms with Crippen LogP contribution >= 0.6 is 0 Å². The Morgan fingerprint density at radius 2 is 2.26 bits per heavy atom. The second kappa shape index (κ2) is 4.46. The molecular weight excluding hydrogens is 268 g/mol. The third-order valence-corrected chi connectivity index (χ3v) is 6.11. The summed E-state index contributed by atoms with van der Waals surface area (Å²) in [5.41, 5.74) is 5.65. The normalized spacial score (nSPS) is 28.5. The number of nitrogens with zero attached hydrogens (tertiary/aromatic N) is 2. The molecule has 0 aromatic carbocycles. The van der Waals surface area contributed by atoms with E-state index in [0.717, 1.165) is 19.4 Å². The van der Waals surface area contributed by atoms with Gasteiger partial charge in [0.15, 0.2) is 16.5 Å². The SMILES string of the molecule is Cc1onc(N)c1S(=O)(=O)N1CCC[C@H]2CNC[C@H]21. The molecule has 0 bridgehead atoms. The van der Waals surface area contributed by atoms with Crippen molar-refractivity contribution >= 4 is 15.8 Å². The summed E-state index contributed by atoms with van der Waals surface area (Å²) in [5.74, 6) is 0.598. The maximum atomic E-state index is 12.8. The van der Waals surface area contributed by atoms with Gasteiger partial charge in [-0.25, -0.2) is 8.42 Å². The van der Waals surface area contributed by atoms with Crippen LogP contribution in [0.5, 0.6) is 0 Å². The van der Waals surface area contributed by atoms with E-state index in [0.29, 0.717) is 19.0 Å². The zero-order valence-electron chi connectivity index (χ0n) is 10.8. The van der Waals surface area contributed by atoms with E-state index in [1.807, 2.05) is 0 Å². The van der Waals surface area contributed by atoms with Gasteiger partial charge in [0.2, 0.25) is 0 Å². The van der Waals surface area contributed by atoms with E-state index in [4.69, 9.17) is 10.3 Å². The Balaban J connectivity index is 2.00. The number of aromatic nitrogens is 1. The minimum Gasteiger partial charge on any atom is -0.380 e. The first kappa shape index (κ1) is 12.9. The van der Waals surface area contributed by atoms with Crippen molar-refractivity contribution in [3.05, 3.63) is 5.76 Å². The van der Waals surface area contributed by atoms with Crippen molar-refractivity contribution in [3.63, 3.8) is 0 Å². The largest absolute Gasteiger partial charge is 0.380 e. The Hall–Kier alpha value is -1.12. The molecule has 2 fully saturated rings. The topological polar surface area (TPSA) is 101 Å². The van der Waals surface area contributed by atoms with E-state index in [1.165, 1.54) is 0 Å². The summed E-state index contributed by atoms with van der Waals surface area (Å²) in [6, 6.07) is 0.0208. The first-order valence-electron chi connectivity index (χ1n) is 6.46. The summed E-state index contributed by atoms with van der Waals surface area (Å²) in [6.45, 7) is 3.70. The lowest BCUT2D eigenvalue weighted by Crippen LogP contribution is -2.48. The second-order valence-corrected chi connectivity index (χ2v) is 7.02. The van der Waals surface area contributed by atoms with Crippen LogP contribution in [0.2, 0.25) is 0 Å². The molecule has 0 aliphatic carbocycles. The van der Waals surface area contributed by atoms with Crippen molar-refractivity contribution in [2.24, 2.45) is 5.92 Å². The Bertz CT molecular complexity index is 563. The predicted molar refractivity (Wildman–Crippen MR) is 68.9 cm³/mol. The zero-order chi connectivity index (χ0) is 13.6. The van der Waals surface area contributed by atoms with Crippen LogP contribution in [0, 0.1) is 12.8 Å². The number of nitrogens with two attached hydrogens (primary N) is 1. The molecule has 3 heterocycles. The fraction of sp³-hybridized carbons (Fsp3) is 0.727. The van der Waals surface area contributed by atoms with Crippen molar-refractivity contribution in [2.75, 3.05) is 25.4 Å². The van der Waals surface area contributed by atoms with Gasteiger partial charge in [0.1, 0.15) is 0 Å². The van der Waals surface area contributed by atoms with Crippen molar-refractivity contribution in [1.82, 2.24) is 14.8 Å². The number of hydrogen-bond acceptors (Lipinski definition) is 6. The standard InChI is InChI=1S/C11H18N4O3S/c1-7-10(11(12)14-18-7)19(16,17)15-4-2-3-8-5-13-6-9(8)15/h8-9,13H,2-6H2,1H3,(H2,12,14)/t8-,9+/m0/s1. The van der Waals surface area contributed by atoms with Gasteiger partial charge in [-0.05, 0) is 32.2 Å². The van der Waals surface area contributed by atoms with Gasteiger partial charge in [-0.2, -0.15) is 4.31 Å². The number of aryl methyl sites for hydroxylation is 1. The van der Waals surface area contributed by atoms with Gasteiger partial charge < -0.3 is 15.6 Å². The van der Waals surface area contributed by atoms with Crippen molar-refractivity contribution in [1.29, 1.82) is 0 Å². The molecule has 0 spiro atoms. The van der Waals surface area contributed by atoms with Crippen LogP contribution in [0.3, 0.4) is 0 Å². The number of hydrogen-bond donors (Lipinski definition) is 2. The molecule has 2 aliphatic heterocycles. The highest BCUT2D eigenvalue weighted by molar-refractivity contribution is 7.89. The van der Waals surface area contributed by atoms with Crippen LogP contribution in [0.25, 0.3) is 0 Å². The molecule has 1 aromatic rings. The number of rotatable bonds is 2. The first-order chi connectivity index (χ1) is 9.01. The number of fused-ring (bicyclic) bond motifs is 1. The van der Waals surface area contributed by atoms with Crippen molar-refractivity contribution in [3.8, 4) is 0 Å². The molecule has 0 saturated carbocycles. The van der Waals surface area contributed by atoms with Crippen LogP contribution in [-0.2, 0) is 10.0 Å². The fourth-order valence-electron chi connectivity index (χ4n) is 3.14. The third kappa shape index (κ3) is 1.94. The van der Waals surface area contributed by atoms with Gasteiger partial charge in [-0.1, -0.05) is 5.16 Å². The minimum atomic E-state index is -3.62. The zero-order valence-corrected chi connectivity index (χ0v) is 11.6. The molecule has 0 amide bonds. The summed E-state index contributed by atoms with van der Waals surface area (Å²) >= 11 is 0. The lowest BCUT2D eigenvalue weighted by Gasteiger charge is -2.35. The minimum absolute atomic E-state index is 0.0208. The number of nitrogen functional groups attached to an aromatic ring is 1. The van der Waals surface area contributed by atoms with Gasteiger partial charge >= 0.3 is 0 Å². The summed E-state index contributed by atoms with van der Waals surface area (Å²) in [7, 11) is -3.62. The summed E-state index contributed by atoms with van der Waals surface area (Å²) in [4.78, 5) is 0.0278. The van der Waals surface area contributed by atoms with Gasteiger partial charge in [0, 0.05) is 19.1 Å². The highest BCUT2D eigenvalue weighted by atomic mass is 32.2. The monoisotopic (exact) mass is 286 g/mol. The molecule has 3 rings (SSSR count). The van der Waals surface area contributed by atoms with Gasteiger partial charge in [0.05, 0.1) is 0 Å². The summed E-state index contributed by atoms with van der Waals surface area (Å²) in [6.07, 6.45) is 1.95. The molecule has 2 saturated heterocycles. The predicted octanol–water partition coefficient (Wildman–Crippen LogP) is -0.0623. The van der Waals surface area contributed by atoms with Crippen LogP contribution in [-0.4, -0.2) is 43.6 Å². The number of nitrogens with one attached hydrogen (secondary N) is 1. The molecule has 2 aliphatic rings. The molecule has 3 N–H and O–H groups in total. The lowest BCUT2D eigenvalue weighted by molar-refractivity contribution is 0.217. The molecule has 106 valence electrons. The number of piperidine rings is 1. The Morgan fingerprint density at radius 3 is 2.95 bits per heavy atom. The lowest BCUT2D eigenvalue weighted by atomic mass is 9.94. The van der Waals surface area contributed by atoms with E-state index in [2.05, 4.69) is 10.5 Å². The summed E-state index contributed by atoms with van der Waals surface area (Å²) in [5, 5.41) is 6.81. The first-order valence-corrected chi connectivity index (χ1v) is 7.90. The smallest absolute Gasteiger partial charge is 0.250 e. The van der Waals surface area contributed by atoms with Crippen LogP contribution < -0.4 is 11.1 Å². The Labute approximate surface area is 112 Å². The molecule has 8 heteroatoms. The average molecular weight is 286 g/mol. The van der Waals surface area contributed by atoms with Gasteiger partial charge in [0.25, 0.3) is 10.0 Å². The maximum Gasteiger partial charge on any atom is 0.250 e. The van der Waals surface area contributed by atoms with E-state index in [-0.39, 0.29) is 22.5 Å². The van der Waals surface area contributed by atoms with Gasteiger partial charge in [-0.3, -0.25) is 0 Å². The number of sulfonamides is 1. The van der Waals surface area contributed by atoms with E-state index >= 15 is 0 Å². The Kier molecular flexibility index (Phi) is 3.03. The quantitative estimate of drug-likeness (QED) is 0.789. The highest BCUT2D eigenvalue weighted by Crippen LogP contribution is 2.33. The molecule has 0 radical (unpaired) electrons. The maximum absolute atomic E-state index is 12.8. The molecular formula is C11H18N4O3S. The van der Waals surface area contributed by atoms with E-state index in [1.54, 1.807) is 11.2 Å². The van der Waals surface area contributed by atoms with Crippen molar-refractivity contribution in [2.45, 2.75) is 30.7 Å². The van der Waals surface area contributed by atoms with Gasteiger partial charge in [-0.15, -0.1) is 0 Å². The van der Waals surface area contributed by atoms with Crippen LogP contribution in [0.4, 0.5) is 5.82 Å². The van der Waals surface area contributed by atoms with Crippen LogP contribution in [0.1, 0.15) is 18.6 Å². The third-order valence-electron chi connectivity index (χ3n) is 4.03. The van der Waals surface area contributed by atoms with E-state index < -0.39 is 10.0 Å². The molecule has 1 aromatic heterocycles. The molecule has 19 heavy (non-hydrogen) atoms. The average Bonchev–Trinajstić information content (AvgIpc) is 2.95. The highest BCUT2D eigenvalue weighted by Gasteiger charge is 2.43. The second-order valence-electron chi connectivity index (χ2n) is 5.20. The van der Waals surface area contributed by atoms with Crippen molar-refractivity contribution < 1.29 is 12.9 Å². The van der Waals surface area contributed by atoms with E-state index in [9.17, 15) is 8.42 Å². The Morgan fingerprint density at radius 1 is 1.47 bits per heavy atom.